The van der Waals surface area contributed by atoms with Gasteiger partial charge in [-0.15, -0.1) is 0 Å². The van der Waals surface area contributed by atoms with E-state index in [9.17, 15) is 0 Å². The van der Waals surface area contributed by atoms with Gasteiger partial charge in [0, 0.05) is 24.5 Å². The second kappa shape index (κ2) is 4.28. The molecule has 1 aromatic heterocycles. The Kier molecular flexibility index (Phi) is 2.82. The molecule has 0 amide bonds. The van der Waals surface area contributed by atoms with Gasteiger partial charge in [0.25, 0.3) is 0 Å². The summed E-state index contributed by atoms with van der Waals surface area (Å²) < 4.78 is 2.14. The highest BCUT2D eigenvalue weighted by atomic mass is 15.0. The third-order valence-corrected chi connectivity index (χ3v) is 2.42. The Morgan fingerprint density at radius 2 is 2.08 bits per heavy atom. The van der Waals surface area contributed by atoms with Gasteiger partial charge in [-0.1, -0.05) is 6.08 Å². The molecule has 1 N–H and O–H groups in total. The standard InChI is InChI=1S/C7H7N.C4H9N/c1-3-7-4-2-6-8(7)5-1;1-2-4-5-3-1/h1-3,5-6H,4H2;5H,1-4H2. The van der Waals surface area contributed by atoms with Gasteiger partial charge >= 0.3 is 0 Å². The number of allylic oxidation sites excluding steroid dienone is 1. The van der Waals surface area contributed by atoms with Gasteiger partial charge < -0.3 is 9.88 Å². The molecule has 0 atom stereocenters. The highest BCUT2D eigenvalue weighted by Gasteiger charge is 1.99. The highest BCUT2D eigenvalue weighted by Crippen LogP contribution is 2.10. The smallest absolute Gasteiger partial charge is 0.0259 e. The Morgan fingerprint density at radius 1 is 1.23 bits per heavy atom. The van der Waals surface area contributed by atoms with E-state index < -0.39 is 0 Å². The topological polar surface area (TPSA) is 17.0 Å². The fraction of sp³-hybridized carbons (Fsp3) is 0.455. The molecule has 1 aromatic rings. The molecular weight excluding hydrogens is 160 g/mol. The first kappa shape index (κ1) is 8.57. The van der Waals surface area contributed by atoms with E-state index in [1.165, 1.54) is 31.6 Å². The fourth-order valence-corrected chi connectivity index (χ4v) is 1.66. The molecule has 2 nitrogen and oxygen atoms in total. The summed E-state index contributed by atoms with van der Waals surface area (Å²) in [6.07, 6.45) is 10.2. The second-order valence-electron chi connectivity index (χ2n) is 3.45. The van der Waals surface area contributed by atoms with Gasteiger partial charge in [0.1, 0.15) is 0 Å². The van der Waals surface area contributed by atoms with Crippen molar-refractivity contribution in [3.63, 3.8) is 0 Å². The minimum atomic E-state index is 1.10. The number of nitrogens with zero attached hydrogens (tertiary/aromatic N) is 1. The highest BCUT2D eigenvalue weighted by molar-refractivity contribution is 5.36. The molecular formula is C11H16N2. The zero-order chi connectivity index (χ0) is 8.93. The maximum absolute atomic E-state index is 3.22. The number of hydrogen-bond donors (Lipinski definition) is 1. The summed E-state index contributed by atoms with van der Waals surface area (Å²) in [7, 11) is 0. The van der Waals surface area contributed by atoms with Crippen LogP contribution in [-0.4, -0.2) is 17.7 Å². The van der Waals surface area contributed by atoms with Crippen LogP contribution in [-0.2, 0) is 6.42 Å². The summed E-state index contributed by atoms with van der Waals surface area (Å²) in [5.41, 5.74) is 1.39. The average Bonchev–Trinajstić information content (AvgIpc) is 2.84. The lowest BCUT2D eigenvalue weighted by Crippen LogP contribution is -2.03. The first-order valence-electron chi connectivity index (χ1n) is 5.00. The molecule has 0 bridgehead atoms. The fourth-order valence-electron chi connectivity index (χ4n) is 1.66. The molecule has 0 spiro atoms. The summed E-state index contributed by atoms with van der Waals surface area (Å²) in [6, 6.07) is 4.21. The van der Waals surface area contributed by atoms with E-state index in [-0.39, 0.29) is 0 Å². The normalized spacial score (nSPS) is 18.2. The molecule has 0 unspecified atom stereocenters. The lowest BCUT2D eigenvalue weighted by Gasteiger charge is -1.88. The summed E-state index contributed by atoms with van der Waals surface area (Å²) in [4.78, 5) is 0. The van der Waals surface area contributed by atoms with Crippen molar-refractivity contribution in [2.75, 3.05) is 13.1 Å². The van der Waals surface area contributed by atoms with Crippen LogP contribution < -0.4 is 5.32 Å². The zero-order valence-corrected chi connectivity index (χ0v) is 7.87. The predicted octanol–water partition coefficient (Wildman–Crippen LogP) is 1.88. The van der Waals surface area contributed by atoms with Gasteiger partial charge in [-0.2, -0.15) is 0 Å². The van der Waals surface area contributed by atoms with E-state index >= 15 is 0 Å². The van der Waals surface area contributed by atoms with Gasteiger partial charge in [0.2, 0.25) is 0 Å². The van der Waals surface area contributed by atoms with Crippen LogP contribution in [0.4, 0.5) is 0 Å². The quantitative estimate of drug-likeness (QED) is 0.638. The molecule has 1 saturated heterocycles. The molecule has 13 heavy (non-hydrogen) atoms. The Bertz CT molecular complexity index is 274. The Labute approximate surface area is 79.3 Å². The third kappa shape index (κ3) is 2.22. The monoisotopic (exact) mass is 176 g/mol. The van der Waals surface area contributed by atoms with Crippen LogP contribution in [0.5, 0.6) is 0 Å². The molecule has 70 valence electrons. The first-order chi connectivity index (χ1) is 6.47. The van der Waals surface area contributed by atoms with Crippen molar-refractivity contribution in [3.8, 4) is 0 Å². The van der Waals surface area contributed by atoms with Crippen molar-refractivity contribution < 1.29 is 0 Å². The second-order valence-corrected chi connectivity index (χ2v) is 3.45. The van der Waals surface area contributed by atoms with Gasteiger partial charge in [0.05, 0.1) is 0 Å². The van der Waals surface area contributed by atoms with Crippen molar-refractivity contribution in [2.45, 2.75) is 19.3 Å². The Balaban J connectivity index is 0.000000113. The number of nitrogens with one attached hydrogen (secondary N) is 1. The number of rotatable bonds is 0. The van der Waals surface area contributed by atoms with Crippen LogP contribution in [0.15, 0.2) is 24.4 Å². The van der Waals surface area contributed by atoms with Crippen LogP contribution >= 0.6 is 0 Å². The molecule has 0 saturated carbocycles. The van der Waals surface area contributed by atoms with E-state index in [0.717, 1.165) is 6.42 Å². The van der Waals surface area contributed by atoms with Crippen LogP contribution in [0.3, 0.4) is 0 Å². The summed E-state index contributed by atoms with van der Waals surface area (Å²) >= 11 is 0. The van der Waals surface area contributed by atoms with E-state index in [2.05, 4.69) is 40.5 Å². The third-order valence-electron chi connectivity index (χ3n) is 2.42. The largest absolute Gasteiger partial charge is 0.328 e. The molecule has 3 rings (SSSR count). The molecule has 0 radical (unpaired) electrons. The molecule has 2 aliphatic heterocycles. The van der Waals surface area contributed by atoms with E-state index in [1.807, 2.05) is 0 Å². The Hall–Kier alpha value is -1.02. The molecule has 2 aliphatic rings. The lowest BCUT2D eigenvalue weighted by molar-refractivity contribution is 0.857. The lowest BCUT2D eigenvalue weighted by atomic mass is 10.3. The van der Waals surface area contributed by atoms with Crippen molar-refractivity contribution >= 4 is 6.20 Å². The van der Waals surface area contributed by atoms with Crippen LogP contribution in [0.1, 0.15) is 18.5 Å². The molecule has 2 heteroatoms. The molecule has 0 aliphatic carbocycles. The SMILES string of the molecule is C1=Cn2cccc2C1.C1CCNC1. The van der Waals surface area contributed by atoms with Gasteiger partial charge in [-0.3, -0.25) is 0 Å². The van der Waals surface area contributed by atoms with Crippen LogP contribution in [0.2, 0.25) is 0 Å². The van der Waals surface area contributed by atoms with Gasteiger partial charge in [0.15, 0.2) is 0 Å². The van der Waals surface area contributed by atoms with E-state index in [1.54, 1.807) is 0 Å². The number of hydrogen-bond acceptors (Lipinski definition) is 1. The van der Waals surface area contributed by atoms with E-state index in [0.29, 0.717) is 0 Å². The van der Waals surface area contributed by atoms with Crippen molar-refractivity contribution in [3.05, 3.63) is 30.1 Å². The average molecular weight is 176 g/mol. The van der Waals surface area contributed by atoms with Crippen LogP contribution in [0, 0.1) is 0 Å². The zero-order valence-electron chi connectivity index (χ0n) is 7.87. The first-order valence-corrected chi connectivity index (χ1v) is 5.00. The summed E-state index contributed by atoms with van der Waals surface area (Å²) in [6.45, 7) is 2.50. The van der Waals surface area contributed by atoms with Crippen molar-refractivity contribution in [1.29, 1.82) is 0 Å². The van der Waals surface area contributed by atoms with Crippen molar-refractivity contribution in [2.24, 2.45) is 0 Å². The van der Waals surface area contributed by atoms with Crippen molar-refractivity contribution in [1.82, 2.24) is 9.88 Å². The number of fused-ring (bicyclic) bond motifs is 1. The molecule has 1 fully saturated rings. The predicted molar refractivity (Wildman–Crippen MR) is 55.6 cm³/mol. The maximum atomic E-state index is 3.22. The minimum Gasteiger partial charge on any atom is -0.328 e. The Morgan fingerprint density at radius 3 is 2.69 bits per heavy atom. The molecule has 0 aromatic carbocycles. The number of aromatic nitrogens is 1. The van der Waals surface area contributed by atoms with Crippen LogP contribution in [0.25, 0.3) is 6.20 Å². The van der Waals surface area contributed by atoms with Gasteiger partial charge in [-0.05, 0) is 38.1 Å². The summed E-state index contributed by atoms with van der Waals surface area (Å²) in [5.74, 6) is 0. The van der Waals surface area contributed by atoms with E-state index in [4.69, 9.17) is 0 Å². The molecule has 3 heterocycles. The summed E-state index contributed by atoms with van der Waals surface area (Å²) in [5, 5.41) is 3.22. The maximum Gasteiger partial charge on any atom is 0.0259 e. The van der Waals surface area contributed by atoms with Gasteiger partial charge in [-0.25, -0.2) is 0 Å². The minimum absolute atomic E-state index is 1.10.